The molecule has 3 heteroatoms. The molecule has 0 saturated heterocycles. The quantitative estimate of drug-likeness (QED) is 0.624. The van der Waals surface area contributed by atoms with E-state index in [1.165, 1.54) is 22.0 Å². The van der Waals surface area contributed by atoms with Crippen molar-refractivity contribution in [2.75, 3.05) is 6.54 Å². The maximum absolute atomic E-state index is 6.13. The normalized spacial score (nSPS) is 13.0. The van der Waals surface area contributed by atoms with Gasteiger partial charge in [-0.2, -0.15) is 0 Å². The van der Waals surface area contributed by atoms with Crippen LogP contribution in [0, 0.1) is 9.49 Å². The summed E-state index contributed by atoms with van der Waals surface area (Å²) in [6, 6.07) is 6.61. The van der Waals surface area contributed by atoms with E-state index >= 15 is 0 Å². The van der Waals surface area contributed by atoms with Crippen molar-refractivity contribution in [2.24, 2.45) is 5.92 Å². The molecule has 1 rings (SSSR count). The van der Waals surface area contributed by atoms with E-state index < -0.39 is 0 Å². The SMILES string of the molecule is CCCNC(CCC(C)C)c1cc(Cl)ccc1I. The summed E-state index contributed by atoms with van der Waals surface area (Å²) >= 11 is 8.53. The second-order valence-corrected chi connectivity index (χ2v) is 6.74. The van der Waals surface area contributed by atoms with Gasteiger partial charge in [0.25, 0.3) is 0 Å². The Labute approximate surface area is 130 Å². The molecule has 1 aromatic rings. The molecule has 0 radical (unpaired) electrons. The van der Waals surface area contributed by atoms with Crippen molar-refractivity contribution in [3.8, 4) is 0 Å². The second-order valence-electron chi connectivity index (χ2n) is 5.14. The first-order valence-corrected chi connectivity index (χ1v) is 8.18. The summed E-state index contributed by atoms with van der Waals surface area (Å²) in [4.78, 5) is 0. The summed E-state index contributed by atoms with van der Waals surface area (Å²) in [6.07, 6.45) is 3.58. The molecule has 1 nitrogen and oxygen atoms in total. The van der Waals surface area contributed by atoms with E-state index in [1.807, 2.05) is 6.07 Å². The Hall–Kier alpha value is 0.200. The minimum atomic E-state index is 0.429. The first-order valence-electron chi connectivity index (χ1n) is 6.73. The predicted octanol–water partition coefficient (Wildman–Crippen LogP) is 5.42. The van der Waals surface area contributed by atoms with Crippen LogP contribution < -0.4 is 5.32 Å². The number of benzene rings is 1. The van der Waals surface area contributed by atoms with Crippen LogP contribution in [0.2, 0.25) is 5.02 Å². The maximum atomic E-state index is 6.13. The summed E-state index contributed by atoms with van der Waals surface area (Å²) in [5.74, 6) is 0.743. The van der Waals surface area contributed by atoms with Crippen molar-refractivity contribution in [1.29, 1.82) is 0 Å². The molecule has 1 N–H and O–H groups in total. The van der Waals surface area contributed by atoms with Gasteiger partial charge in [-0.3, -0.25) is 0 Å². The van der Waals surface area contributed by atoms with Crippen LogP contribution in [0.5, 0.6) is 0 Å². The Morgan fingerprint density at radius 1 is 1.28 bits per heavy atom. The fourth-order valence-corrected chi connectivity index (χ4v) is 2.86. The van der Waals surface area contributed by atoms with Gasteiger partial charge in [-0.05, 0) is 78.1 Å². The Balaban J connectivity index is 2.82. The minimum absolute atomic E-state index is 0.429. The zero-order valence-electron chi connectivity index (χ0n) is 11.5. The molecule has 0 aliphatic heterocycles. The van der Waals surface area contributed by atoms with Crippen LogP contribution in [0.15, 0.2) is 18.2 Å². The third-order valence-electron chi connectivity index (χ3n) is 3.01. The van der Waals surface area contributed by atoms with Crippen LogP contribution in [0.1, 0.15) is 51.6 Å². The van der Waals surface area contributed by atoms with E-state index in [4.69, 9.17) is 11.6 Å². The number of halogens is 2. The van der Waals surface area contributed by atoms with Crippen molar-refractivity contribution in [3.63, 3.8) is 0 Å². The Morgan fingerprint density at radius 2 is 2.00 bits per heavy atom. The average molecular weight is 380 g/mol. The first-order chi connectivity index (χ1) is 8.54. The fraction of sp³-hybridized carbons (Fsp3) is 0.600. The van der Waals surface area contributed by atoms with Gasteiger partial charge < -0.3 is 5.32 Å². The Morgan fingerprint density at radius 3 is 2.61 bits per heavy atom. The monoisotopic (exact) mass is 379 g/mol. The van der Waals surface area contributed by atoms with Crippen molar-refractivity contribution >= 4 is 34.2 Å². The molecule has 0 aliphatic carbocycles. The van der Waals surface area contributed by atoms with Crippen molar-refractivity contribution < 1.29 is 0 Å². The third-order valence-corrected chi connectivity index (χ3v) is 4.22. The van der Waals surface area contributed by atoms with Crippen LogP contribution in [0.4, 0.5) is 0 Å². The molecule has 0 heterocycles. The van der Waals surface area contributed by atoms with Crippen LogP contribution in [-0.4, -0.2) is 6.54 Å². The van der Waals surface area contributed by atoms with Crippen LogP contribution in [0.3, 0.4) is 0 Å². The van der Waals surface area contributed by atoms with Gasteiger partial charge in [-0.25, -0.2) is 0 Å². The van der Waals surface area contributed by atoms with E-state index in [2.05, 4.69) is 60.8 Å². The van der Waals surface area contributed by atoms with Gasteiger partial charge in [-0.15, -0.1) is 0 Å². The molecule has 1 aromatic carbocycles. The Kier molecular flexibility index (Phi) is 7.57. The smallest absolute Gasteiger partial charge is 0.0410 e. The molecule has 0 spiro atoms. The Bertz CT molecular complexity index is 366. The van der Waals surface area contributed by atoms with E-state index in [9.17, 15) is 0 Å². The number of hydrogen-bond acceptors (Lipinski definition) is 1. The lowest BCUT2D eigenvalue weighted by atomic mass is 9.97. The number of hydrogen-bond donors (Lipinski definition) is 1. The van der Waals surface area contributed by atoms with Gasteiger partial charge in [-0.1, -0.05) is 32.4 Å². The van der Waals surface area contributed by atoms with E-state index in [1.54, 1.807) is 0 Å². The van der Waals surface area contributed by atoms with Gasteiger partial charge >= 0.3 is 0 Å². The summed E-state index contributed by atoms with van der Waals surface area (Å²) < 4.78 is 1.30. The number of rotatable bonds is 7. The predicted molar refractivity (Wildman–Crippen MR) is 89.3 cm³/mol. The van der Waals surface area contributed by atoms with Crippen LogP contribution >= 0.6 is 34.2 Å². The van der Waals surface area contributed by atoms with Gasteiger partial charge in [0.05, 0.1) is 0 Å². The lowest BCUT2D eigenvalue weighted by Gasteiger charge is -2.21. The highest BCUT2D eigenvalue weighted by Gasteiger charge is 2.14. The standard InChI is InChI=1S/C15H23ClIN/c1-4-9-18-15(8-5-11(2)3)13-10-12(16)6-7-14(13)17/h6-7,10-11,15,18H,4-5,8-9H2,1-3H3. The summed E-state index contributed by atoms with van der Waals surface area (Å²) in [5, 5.41) is 4.48. The average Bonchev–Trinajstić information content (AvgIpc) is 2.32. The molecule has 0 aliphatic rings. The molecule has 0 fully saturated rings. The first kappa shape index (κ1) is 16.3. The van der Waals surface area contributed by atoms with Gasteiger partial charge in [0.15, 0.2) is 0 Å². The zero-order valence-corrected chi connectivity index (χ0v) is 14.4. The molecule has 1 unspecified atom stereocenters. The highest BCUT2D eigenvalue weighted by Crippen LogP contribution is 2.28. The lowest BCUT2D eigenvalue weighted by Crippen LogP contribution is -2.23. The molecule has 0 bridgehead atoms. The molecule has 18 heavy (non-hydrogen) atoms. The fourth-order valence-electron chi connectivity index (χ4n) is 1.97. The molecule has 102 valence electrons. The van der Waals surface area contributed by atoms with Gasteiger partial charge in [0.2, 0.25) is 0 Å². The second kappa shape index (κ2) is 8.39. The summed E-state index contributed by atoms with van der Waals surface area (Å²) in [5.41, 5.74) is 1.34. The maximum Gasteiger partial charge on any atom is 0.0410 e. The molecular formula is C15H23ClIN. The highest BCUT2D eigenvalue weighted by atomic mass is 127. The minimum Gasteiger partial charge on any atom is -0.310 e. The molecule has 0 amide bonds. The van der Waals surface area contributed by atoms with Crippen molar-refractivity contribution in [1.82, 2.24) is 5.32 Å². The van der Waals surface area contributed by atoms with E-state index in [0.717, 1.165) is 23.9 Å². The third kappa shape index (κ3) is 5.45. The van der Waals surface area contributed by atoms with Crippen LogP contribution in [-0.2, 0) is 0 Å². The van der Waals surface area contributed by atoms with Crippen molar-refractivity contribution in [2.45, 2.75) is 46.1 Å². The lowest BCUT2D eigenvalue weighted by molar-refractivity contribution is 0.439. The molecule has 0 aromatic heterocycles. The van der Waals surface area contributed by atoms with E-state index in [-0.39, 0.29) is 0 Å². The highest BCUT2D eigenvalue weighted by molar-refractivity contribution is 14.1. The van der Waals surface area contributed by atoms with Gasteiger partial charge in [0, 0.05) is 14.6 Å². The number of nitrogens with one attached hydrogen (secondary N) is 1. The van der Waals surface area contributed by atoms with Crippen molar-refractivity contribution in [3.05, 3.63) is 32.4 Å². The van der Waals surface area contributed by atoms with Gasteiger partial charge in [0.1, 0.15) is 0 Å². The molecule has 1 atom stereocenters. The van der Waals surface area contributed by atoms with E-state index in [0.29, 0.717) is 6.04 Å². The summed E-state index contributed by atoms with van der Waals surface area (Å²) in [6.45, 7) is 7.82. The largest absolute Gasteiger partial charge is 0.310 e. The molecular weight excluding hydrogens is 357 g/mol. The summed E-state index contributed by atoms with van der Waals surface area (Å²) in [7, 11) is 0. The topological polar surface area (TPSA) is 12.0 Å². The zero-order chi connectivity index (χ0) is 13.5. The van der Waals surface area contributed by atoms with Crippen LogP contribution in [0.25, 0.3) is 0 Å². The molecule has 0 saturated carbocycles.